The van der Waals surface area contributed by atoms with Gasteiger partial charge in [-0.05, 0) is 38.8 Å². The molecule has 0 aliphatic carbocycles. The number of aliphatic hydroxyl groups excluding tert-OH is 2. The molecule has 0 aromatic carbocycles. The Hall–Kier alpha value is -0.970. The third-order valence-corrected chi connectivity index (χ3v) is 3.27. The van der Waals surface area contributed by atoms with Crippen molar-refractivity contribution in [2.24, 2.45) is 0 Å². The fourth-order valence-electron chi connectivity index (χ4n) is 1.34. The maximum atomic E-state index is 9.91. The second-order valence-corrected chi connectivity index (χ2v) is 5.20. The molecule has 0 fully saturated rings. The van der Waals surface area contributed by atoms with E-state index in [9.17, 15) is 5.11 Å². The van der Waals surface area contributed by atoms with Crippen LogP contribution in [0, 0.1) is 6.92 Å². The minimum atomic E-state index is -0.515. The molecule has 1 aromatic rings. The van der Waals surface area contributed by atoms with Crippen LogP contribution in [0.1, 0.15) is 31.0 Å². The molecule has 0 bridgehead atoms. The van der Waals surface area contributed by atoms with E-state index in [1.54, 1.807) is 11.3 Å². The number of hydrogen-bond donors (Lipinski definition) is 2. The van der Waals surface area contributed by atoms with E-state index in [4.69, 9.17) is 5.11 Å². The first-order chi connectivity index (χ1) is 8.02. The molecule has 0 aliphatic heterocycles. The lowest BCUT2D eigenvalue weighted by molar-refractivity contribution is 0.215. The molecule has 0 spiro atoms. The lowest BCUT2D eigenvalue weighted by Gasteiger charge is -2.08. The summed E-state index contributed by atoms with van der Waals surface area (Å²) in [5.41, 5.74) is 2.66. The highest BCUT2D eigenvalue weighted by molar-refractivity contribution is 7.09. The predicted molar refractivity (Wildman–Crippen MR) is 72.0 cm³/mol. The molecule has 1 atom stereocenters. The third-order valence-electron chi connectivity index (χ3n) is 2.48. The second kappa shape index (κ2) is 6.69. The van der Waals surface area contributed by atoms with Gasteiger partial charge in [-0.15, -0.1) is 11.3 Å². The SMILES string of the molecule is C/C(=C/C[C@H](O)/C(C)=C/c1csc(C)n1)CO. The van der Waals surface area contributed by atoms with Gasteiger partial charge >= 0.3 is 0 Å². The first kappa shape index (κ1) is 14.1. The lowest BCUT2D eigenvalue weighted by atomic mass is 10.1. The Morgan fingerprint density at radius 2 is 2.24 bits per heavy atom. The van der Waals surface area contributed by atoms with Crippen molar-refractivity contribution in [1.82, 2.24) is 4.98 Å². The average molecular weight is 253 g/mol. The van der Waals surface area contributed by atoms with E-state index in [1.165, 1.54) is 0 Å². The minimum Gasteiger partial charge on any atom is -0.392 e. The lowest BCUT2D eigenvalue weighted by Crippen LogP contribution is -2.07. The molecular formula is C13H19NO2S. The molecule has 1 aromatic heterocycles. The largest absolute Gasteiger partial charge is 0.392 e. The summed E-state index contributed by atoms with van der Waals surface area (Å²) >= 11 is 1.60. The van der Waals surface area contributed by atoms with Crippen molar-refractivity contribution in [3.05, 3.63) is 33.3 Å². The number of aryl methyl sites for hydroxylation is 1. The molecule has 0 saturated heterocycles. The molecule has 4 heteroatoms. The smallest absolute Gasteiger partial charge is 0.0901 e. The zero-order valence-corrected chi connectivity index (χ0v) is 11.3. The average Bonchev–Trinajstić information content (AvgIpc) is 2.70. The molecule has 1 heterocycles. The van der Waals surface area contributed by atoms with E-state index in [0.717, 1.165) is 21.8 Å². The van der Waals surface area contributed by atoms with Gasteiger partial charge in [0.25, 0.3) is 0 Å². The van der Waals surface area contributed by atoms with Crippen molar-refractivity contribution < 1.29 is 10.2 Å². The minimum absolute atomic E-state index is 0.0424. The third kappa shape index (κ3) is 4.81. The fraction of sp³-hybridized carbons (Fsp3) is 0.462. The van der Waals surface area contributed by atoms with Gasteiger partial charge in [-0.2, -0.15) is 0 Å². The van der Waals surface area contributed by atoms with E-state index in [2.05, 4.69) is 4.98 Å². The van der Waals surface area contributed by atoms with Crippen LogP contribution in [0.3, 0.4) is 0 Å². The molecular weight excluding hydrogens is 234 g/mol. The van der Waals surface area contributed by atoms with Gasteiger partial charge < -0.3 is 10.2 Å². The first-order valence-electron chi connectivity index (χ1n) is 5.57. The maximum Gasteiger partial charge on any atom is 0.0901 e. The predicted octanol–water partition coefficient (Wildman–Crippen LogP) is 2.54. The molecule has 94 valence electrons. The van der Waals surface area contributed by atoms with E-state index < -0.39 is 6.10 Å². The normalized spacial score (nSPS) is 15.1. The van der Waals surface area contributed by atoms with Gasteiger partial charge in [-0.3, -0.25) is 0 Å². The van der Waals surface area contributed by atoms with Gasteiger partial charge in [0.1, 0.15) is 0 Å². The highest BCUT2D eigenvalue weighted by Crippen LogP contribution is 2.15. The van der Waals surface area contributed by atoms with E-state index >= 15 is 0 Å². The molecule has 3 nitrogen and oxygen atoms in total. The van der Waals surface area contributed by atoms with E-state index in [0.29, 0.717) is 6.42 Å². The molecule has 1 rings (SSSR count). The van der Waals surface area contributed by atoms with Gasteiger partial charge in [0.2, 0.25) is 0 Å². The van der Waals surface area contributed by atoms with Crippen LogP contribution in [-0.4, -0.2) is 27.9 Å². The zero-order chi connectivity index (χ0) is 12.8. The molecule has 2 N–H and O–H groups in total. The maximum absolute atomic E-state index is 9.91. The van der Waals surface area contributed by atoms with Crippen LogP contribution < -0.4 is 0 Å². The molecule has 17 heavy (non-hydrogen) atoms. The Bertz CT molecular complexity index is 421. The van der Waals surface area contributed by atoms with Gasteiger partial charge in [-0.25, -0.2) is 4.98 Å². The van der Waals surface area contributed by atoms with E-state index in [1.807, 2.05) is 38.3 Å². The van der Waals surface area contributed by atoms with Gasteiger partial charge in [0.15, 0.2) is 0 Å². The van der Waals surface area contributed by atoms with Gasteiger partial charge in [-0.1, -0.05) is 11.6 Å². The summed E-state index contributed by atoms with van der Waals surface area (Å²) in [5.74, 6) is 0. The van der Waals surface area contributed by atoms with E-state index in [-0.39, 0.29) is 6.61 Å². The van der Waals surface area contributed by atoms with Gasteiger partial charge in [0, 0.05) is 5.38 Å². The topological polar surface area (TPSA) is 53.4 Å². The molecule has 0 amide bonds. The summed E-state index contributed by atoms with van der Waals surface area (Å²) in [6.07, 6.45) is 3.76. The second-order valence-electron chi connectivity index (χ2n) is 4.14. The Morgan fingerprint density at radius 1 is 1.53 bits per heavy atom. The van der Waals surface area contributed by atoms with Crippen molar-refractivity contribution in [3.8, 4) is 0 Å². The van der Waals surface area contributed by atoms with Crippen LogP contribution in [0.5, 0.6) is 0 Å². The van der Waals surface area contributed by atoms with Crippen LogP contribution in [0.15, 0.2) is 22.6 Å². The van der Waals surface area contributed by atoms with Crippen LogP contribution in [0.25, 0.3) is 6.08 Å². The highest BCUT2D eigenvalue weighted by atomic mass is 32.1. The highest BCUT2D eigenvalue weighted by Gasteiger charge is 2.05. The summed E-state index contributed by atoms with van der Waals surface area (Å²) in [6, 6.07) is 0. The molecule has 0 unspecified atom stereocenters. The van der Waals surface area contributed by atoms with Crippen LogP contribution >= 0.6 is 11.3 Å². The standard InChI is InChI=1S/C13H19NO2S/c1-9(7-15)4-5-13(16)10(2)6-12-8-17-11(3)14-12/h4,6,8,13,15-16H,5,7H2,1-3H3/b9-4-,10-6+/t13-/m0/s1. The number of nitrogens with zero attached hydrogens (tertiary/aromatic N) is 1. The summed E-state index contributed by atoms with van der Waals surface area (Å²) in [4.78, 5) is 4.32. The van der Waals surface area contributed by atoms with Crippen molar-refractivity contribution >= 4 is 17.4 Å². The van der Waals surface area contributed by atoms with Crippen molar-refractivity contribution in [3.63, 3.8) is 0 Å². The molecule has 0 saturated carbocycles. The quantitative estimate of drug-likeness (QED) is 0.793. The Labute approximate surface area is 106 Å². The van der Waals surface area contributed by atoms with Crippen molar-refractivity contribution in [2.45, 2.75) is 33.3 Å². The number of rotatable bonds is 5. The van der Waals surface area contributed by atoms with Gasteiger partial charge in [0.05, 0.1) is 23.4 Å². The summed E-state index contributed by atoms with van der Waals surface area (Å²) in [6.45, 7) is 5.74. The van der Waals surface area contributed by atoms with Crippen LogP contribution in [-0.2, 0) is 0 Å². The number of aliphatic hydroxyl groups is 2. The fourth-order valence-corrected chi connectivity index (χ4v) is 1.91. The van der Waals surface area contributed by atoms with Crippen LogP contribution in [0.2, 0.25) is 0 Å². The zero-order valence-electron chi connectivity index (χ0n) is 10.5. The molecule has 0 aliphatic rings. The Balaban J connectivity index is 2.63. The molecule has 0 radical (unpaired) electrons. The summed E-state index contributed by atoms with van der Waals surface area (Å²) < 4.78 is 0. The monoisotopic (exact) mass is 253 g/mol. The Kier molecular flexibility index (Phi) is 5.55. The summed E-state index contributed by atoms with van der Waals surface area (Å²) in [5, 5.41) is 21.8. The Morgan fingerprint density at radius 3 is 2.76 bits per heavy atom. The van der Waals surface area contributed by atoms with Crippen molar-refractivity contribution in [2.75, 3.05) is 6.61 Å². The van der Waals surface area contributed by atoms with Crippen LogP contribution in [0.4, 0.5) is 0 Å². The summed E-state index contributed by atoms with van der Waals surface area (Å²) in [7, 11) is 0. The van der Waals surface area contributed by atoms with Crippen molar-refractivity contribution in [1.29, 1.82) is 0 Å². The number of aromatic nitrogens is 1. The number of hydrogen-bond acceptors (Lipinski definition) is 4. The number of thiazole rings is 1. The first-order valence-corrected chi connectivity index (χ1v) is 6.45.